The number of hydrogen-bond donors (Lipinski definition) is 0. The first-order valence-corrected chi connectivity index (χ1v) is 3.19. The quantitative estimate of drug-likeness (QED) is 0.444. The monoisotopic (exact) mass is 214 g/mol. The van der Waals surface area contributed by atoms with Crippen molar-refractivity contribution in [1.29, 1.82) is 0 Å². The molecule has 7 heavy (non-hydrogen) atoms. The van der Waals surface area contributed by atoms with Crippen LogP contribution in [0.25, 0.3) is 0 Å². The molecule has 0 aromatic heterocycles. The van der Waals surface area contributed by atoms with Gasteiger partial charge in [0.05, 0.1) is 6.61 Å². The highest BCUT2D eigenvalue weighted by Gasteiger charge is 2.26. The van der Waals surface area contributed by atoms with Crippen LogP contribution in [0.15, 0.2) is 0 Å². The highest BCUT2D eigenvalue weighted by atomic mass is 127. The molecule has 0 aromatic rings. The zero-order chi connectivity index (χ0) is 5.33. The fourth-order valence-electron chi connectivity index (χ4n) is 0.430. The van der Waals surface area contributed by atoms with Gasteiger partial charge in [-0.25, -0.2) is 0 Å². The van der Waals surface area contributed by atoms with Gasteiger partial charge in [-0.15, -0.1) is 0 Å². The SMILES string of the molecule is CC1(I)COCO1. The molecule has 1 heterocycles. The van der Waals surface area contributed by atoms with E-state index in [1.807, 2.05) is 6.92 Å². The Labute approximate surface area is 56.3 Å². The third kappa shape index (κ3) is 1.54. The number of alkyl halides is 1. The number of hydrogen-bond acceptors (Lipinski definition) is 2. The maximum atomic E-state index is 5.10. The number of ether oxygens (including phenoxy) is 2. The van der Waals surface area contributed by atoms with Crippen molar-refractivity contribution in [2.75, 3.05) is 13.4 Å². The third-order valence-corrected chi connectivity index (χ3v) is 1.43. The fourth-order valence-corrected chi connectivity index (χ4v) is 0.777. The van der Waals surface area contributed by atoms with E-state index in [0.717, 1.165) is 0 Å². The largest absolute Gasteiger partial charge is 0.352 e. The first-order chi connectivity index (χ1) is 3.21. The maximum absolute atomic E-state index is 5.10. The summed E-state index contributed by atoms with van der Waals surface area (Å²) in [5.74, 6) is 0. The van der Waals surface area contributed by atoms with Crippen molar-refractivity contribution in [3.63, 3.8) is 0 Å². The summed E-state index contributed by atoms with van der Waals surface area (Å²) in [7, 11) is 0. The molecule has 0 N–H and O–H groups in total. The Morgan fingerprint density at radius 2 is 2.43 bits per heavy atom. The highest BCUT2D eigenvalue weighted by molar-refractivity contribution is 14.1. The molecule has 1 rings (SSSR count). The first kappa shape index (κ1) is 5.78. The molecule has 1 atom stereocenters. The topological polar surface area (TPSA) is 18.5 Å². The van der Waals surface area contributed by atoms with Crippen molar-refractivity contribution in [3.8, 4) is 0 Å². The van der Waals surface area contributed by atoms with Crippen LogP contribution in [0.1, 0.15) is 6.92 Å². The molecule has 2 nitrogen and oxygen atoms in total. The molecule has 1 aliphatic rings. The van der Waals surface area contributed by atoms with Crippen LogP contribution in [0.2, 0.25) is 0 Å². The Balaban J connectivity index is 2.40. The van der Waals surface area contributed by atoms with Gasteiger partial charge in [0.25, 0.3) is 0 Å². The van der Waals surface area contributed by atoms with Crippen molar-refractivity contribution in [1.82, 2.24) is 0 Å². The van der Waals surface area contributed by atoms with Crippen LogP contribution in [0.4, 0.5) is 0 Å². The van der Waals surface area contributed by atoms with Gasteiger partial charge in [-0.3, -0.25) is 0 Å². The van der Waals surface area contributed by atoms with Crippen LogP contribution in [0.3, 0.4) is 0 Å². The first-order valence-electron chi connectivity index (χ1n) is 2.11. The lowest BCUT2D eigenvalue weighted by Crippen LogP contribution is -2.15. The molecule has 0 aromatic carbocycles. The zero-order valence-corrected chi connectivity index (χ0v) is 6.27. The molecular formula is C4H7IO2. The van der Waals surface area contributed by atoms with Crippen molar-refractivity contribution in [3.05, 3.63) is 0 Å². The number of halogens is 1. The van der Waals surface area contributed by atoms with Crippen LogP contribution in [0, 0.1) is 0 Å². The van der Waals surface area contributed by atoms with Gasteiger partial charge in [0.15, 0.2) is 0 Å². The van der Waals surface area contributed by atoms with Gasteiger partial charge in [-0.2, -0.15) is 0 Å². The molecule has 0 bridgehead atoms. The summed E-state index contributed by atoms with van der Waals surface area (Å²) in [4.78, 5) is 0. The van der Waals surface area contributed by atoms with Crippen molar-refractivity contribution in [2.45, 2.75) is 10.5 Å². The second kappa shape index (κ2) is 1.87. The summed E-state index contributed by atoms with van der Waals surface area (Å²) in [5, 5.41) is 0. The summed E-state index contributed by atoms with van der Waals surface area (Å²) >= 11 is 2.22. The molecule has 1 fully saturated rings. The minimum absolute atomic E-state index is 0.0578. The second-order valence-corrected chi connectivity index (χ2v) is 3.99. The fraction of sp³-hybridized carbons (Fsp3) is 1.00. The normalized spacial score (nSPS) is 42.0. The maximum Gasteiger partial charge on any atom is 0.148 e. The second-order valence-electron chi connectivity index (χ2n) is 1.71. The predicted molar refractivity (Wildman–Crippen MR) is 34.3 cm³/mol. The predicted octanol–water partition coefficient (Wildman–Crippen LogP) is 1.14. The summed E-state index contributed by atoms with van der Waals surface area (Å²) in [6.07, 6.45) is 0. The average Bonchev–Trinajstić information content (AvgIpc) is 1.84. The minimum Gasteiger partial charge on any atom is -0.352 e. The van der Waals surface area contributed by atoms with Crippen LogP contribution < -0.4 is 0 Å². The van der Waals surface area contributed by atoms with E-state index in [1.54, 1.807) is 0 Å². The molecule has 1 aliphatic heterocycles. The van der Waals surface area contributed by atoms with Gasteiger partial charge in [-0.05, 0) is 29.5 Å². The Hall–Kier alpha value is 0.650. The van der Waals surface area contributed by atoms with Gasteiger partial charge in [-0.1, -0.05) is 0 Å². The van der Waals surface area contributed by atoms with Gasteiger partial charge < -0.3 is 9.47 Å². The van der Waals surface area contributed by atoms with E-state index in [9.17, 15) is 0 Å². The van der Waals surface area contributed by atoms with Gasteiger partial charge >= 0.3 is 0 Å². The van der Waals surface area contributed by atoms with Crippen LogP contribution in [-0.4, -0.2) is 17.0 Å². The Morgan fingerprint density at radius 1 is 1.71 bits per heavy atom. The third-order valence-electron chi connectivity index (χ3n) is 0.803. The van der Waals surface area contributed by atoms with E-state index in [4.69, 9.17) is 9.47 Å². The highest BCUT2D eigenvalue weighted by Crippen LogP contribution is 2.24. The van der Waals surface area contributed by atoms with Gasteiger partial charge in [0.2, 0.25) is 0 Å². The minimum atomic E-state index is -0.0578. The smallest absolute Gasteiger partial charge is 0.148 e. The van der Waals surface area contributed by atoms with Gasteiger partial charge in [0, 0.05) is 0 Å². The molecule has 0 saturated carbocycles. The van der Waals surface area contributed by atoms with Crippen LogP contribution >= 0.6 is 22.6 Å². The van der Waals surface area contributed by atoms with Crippen molar-refractivity contribution in [2.24, 2.45) is 0 Å². The Bertz CT molecular complexity index is 64.1. The van der Waals surface area contributed by atoms with Crippen LogP contribution in [0.5, 0.6) is 0 Å². The summed E-state index contributed by atoms with van der Waals surface area (Å²) < 4.78 is 9.98. The van der Waals surface area contributed by atoms with Crippen LogP contribution in [-0.2, 0) is 9.47 Å². The average molecular weight is 214 g/mol. The van der Waals surface area contributed by atoms with E-state index >= 15 is 0 Å². The van der Waals surface area contributed by atoms with E-state index in [0.29, 0.717) is 13.4 Å². The lowest BCUT2D eigenvalue weighted by atomic mass is 10.5. The molecule has 0 radical (unpaired) electrons. The lowest BCUT2D eigenvalue weighted by molar-refractivity contribution is 0.0467. The number of rotatable bonds is 0. The molecule has 0 aliphatic carbocycles. The van der Waals surface area contributed by atoms with Crippen molar-refractivity contribution < 1.29 is 9.47 Å². The van der Waals surface area contributed by atoms with E-state index in [1.165, 1.54) is 0 Å². The standard InChI is InChI=1S/C4H7IO2/c1-4(5)2-6-3-7-4/h2-3H2,1H3. The van der Waals surface area contributed by atoms with E-state index < -0.39 is 0 Å². The Kier molecular flexibility index (Phi) is 1.55. The van der Waals surface area contributed by atoms with Crippen molar-refractivity contribution >= 4 is 22.6 Å². The molecule has 0 spiro atoms. The van der Waals surface area contributed by atoms with E-state index in [-0.39, 0.29) is 3.61 Å². The van der Waals surface area contributed by atoms with E-state index in [2.05, 4.69) is 22.6 Å². The Morgan fingerprint density at radius 3 is 2.57 bits per heavy atom. The zero-order valence-electron chi connectivity index (χ0n) is 4.11. The molecule has 3 heteroatoms. The lowest BCUT2D eigenvalue weighted by Gasteiger charge is -2.08. The summed E-state index contributed by atoms with van der Waals surface area (Å²) in [5.41, 5.74) is 0. The molecule has 1 unspecified atom stereocenters. The molecule has 42 valence electrons. The molecule has 1 saturated heterocycles. The molecule has 0 amide bonds. The summed E-state index contributed by atoms with van der Waals surface area (Å²) in [6, 6.07) is 0. The summed E-state index contributed by atoms with van der Waals surface area (Å²) in [6.45, 7) is 3.17. The molecular weight excluding hydrogens is 207 g/mol. The van der Waals surface area contributed by atoms with Gasteiger partial charge in [0.1, 0.15) is 10.4 Å².